The molecule has 14 heavy (non-hydrogen) atoms. The average Bonchev–Trinajstić information content (AvgIpc) is 2.39. The van der Waals surface area contributed by atoms with Crippen molar-refractivity contribution in [3.8, 4) is 0 Å². The maximum atomic E-state index is 11.2. The number of carbonyl (C=O) groups excluding carboxylic acids is 1. The van der Waals surface area contributed by atoms with Crippen LogP contribution in [-0.4, -0.2) is 48.4 Å². The van der Waals surface area contributed by atoms with E-state index in [9.17, 15) is 4.79 Å². The molecular weight excluding hydrogens is 176 g/mol. The third-order valence-electron chi connectivity index (χ3n) is 2.86. The van der Waals surface area contributed by atoms with Crippen LogP contribution in [0.25, 0.3) is 0 Å². The number of rotatable bonds is 3. The summed E-state index contributed by atoms with van der Waals surface area (Å²) in [7, 11) is 0. The van der Waals surface area contributed by atoms with E-state index in [0.29, 0.717) is 0 Å². The van der Waals surface area contributed by atoms with E-state index in [1.807, 2.05) is 4.90 Å². The molecule has 0 aliphatic carbocycles. The average molecular weight is 198 g/mol. The van der Waals surface area contributed by atoms with Gasteiger partial charge >= 0.3 is 0 Å². The van der Waals surface area contributed by atoms with E-state index in [2.05, 4.69) is 11.8 Å². The second kappa shape index (κ2) is 6.02. The van der Waals surface area contributed by atoms with Crippen LogP contribution in [0.3, 0.4) is 0 Å². The zero-order valence-electron chi connectivity index (χ0n) is 9.46. The summed E-state index contributed by atoms with van der Waals surface area (Å²) in [5, 5.41) is 0. The first-order chi connectivity index (χ1) is 6.74. The molecule has 3 heteroatoms. The minimum absolute atomic E-state index is 0.224. The van der Waals surface area contributed by atoms with Crippen molar-refractivity contribution >= 4 is 5.91 Å². The molecule has 0 N–H and O–H groups in total. The Kier molecular flexibility index (Phi) is 4.94. The molecule has 1 rings (SSSR count). The van der Waals surface area contributed by atoms with Crippen molar-refractivity contribution in [3.05, 3.63) is 0 Å². The smallest absolute Gasteiger partial charge is 0.219 e. The van der Waals surface area contributed by atoms with Crippen molar-refractivity contribution in [3.63, 3.8) is 0 Å². The molecule has 0 spiro atoms. The summed E-state index contributed by atoms with van der Waals surface area (Å²) >= 11 is 0. The van der Waals surface area contributed by atoms with Gasteiger partial charge in [-0.25, -0.2) is 0 Å². The Hall–Kier alpha value is -0.570. The highest BCUT2D eigenvalue weighted by atomic mass is 16.2. The largest absolute Gasteiger partial charge is 0.342 e. The fourth-order valence-electron chi connectivity index (χ4n) is 1.89. The Labute approximate surface area is 87.1 Å². The molecule has 1 aliphatic rings. The van der Waals surface area contributed by atoms with Gasteiger partial charge < -0.3 is 9.80 Å². The number of carbonyl (C=O) groups is 1. The van der Waals surface area contributed by atoms with Gasteiger partial charge in [0.05, 0.1) is 0 Å². The van der Waals surface area contributed by atoms with Crippen molar-refractivity contribution < 1.29 is 4.79 Å². The zero-order valence-corrected chi connectivity index (χ0v) is 9.46. The Balaban J connectivity index is 2.29. The Morgan fingerprint density at radius 3 is 2.64 bits per heavy atom. The Morgan fingerprint density at radius 2 is 2.00 bits per heavy atom. The van der Waals surface area contributed by atoms with Crippen LogP contribution in [0, 0.1) is 0 Å². The third-order valence-corrected chi connectivity index (χ3v) is 2.86. The standard InChI is InChI=1S/C11H22N2O/c1-3-4-6-12-7-5-8-13(10-9-12)11(2)14/h3-10H2,1-2H3. The number of unbranched alkanes of at least 4 members (excludes halogenated alkanes) is 1. The van der Waals surface area contributed by atoms with Crippen LogP contribution in [0.15, 0.2) is 0 Å². The number of nitrogens with zero attached hydrogens (tertiary/aromatic N) is 2. The second-order valence-corrected chi connectivity index (χ2v) is 4.05. The SMILES string of the molecule is CCCCN1CCCN(C(C)=O)CC1. The molecule has 1 fully saturated rings. The van der Waals surface area contributed by atoms with Crippen LogP contribution in [-0.2, 0) is 4.79 Å². The summed E-state index contributed by atoms with van der Waals surface area (Å²) in [5.41, 5.74) is 0. The zero-order chi connectivity index (χ0) is 10.4. The lowest BCUT2D eigenvalue weighted by atomic mass is 10.3. The van der Waals surface area contributed by atoms with Crippen molar-refractivity contribution in [2.24, 2.45) is 0 Å². The molecule has 82 valence electrons. The van der Waals surface area contributed by atoms with Crippen LogP contribution in [0.4, 0.5) is 0 Å². The highest BCUT2D eigenvalue weighted by Crippen LogP contribution is 2.04. The van der Waals surface area contributed by atoms with Gasteiger partial charge in [0.2, 0.25) is 5.91 Å². The summed E-state index contributed by atoms with van der Waals surface area (Å²) in [6, 6.07) is 0. The lowest BCUT2D eigenvalue weighted by Gasteiger charge is -2.20. The number of hydrogen-bond acceptors (Lipinski definition) is 2. The van der Waals surface area contributed by atoms with Crippen molar-refractivity contribution in [2.45, 2.75) is 33.1 Å². The van der Waals surface area contributed by atoms with Gasteiger partial charge in [-0.05, 0) is 25.9 Å². The molecule has 0 radical (unpaired) electrons. The van der Waals surface area contributed by atoms with Gasteiger partial charge in [0, 0.05) is 26.6 Å². The van der Waals surface area contributed by atoms with E-state index in [4.69, 9.17) is 0 Å². The summed E-state index contributed by atoms with van der Waals surface area (Å²) in [6.45, 7) is 9.16. The molecule has 1 saturated heterocycles. The fourth-order valence-corrected chi connectivity index (χ4v) is 1.89. The van der Waals surface area contributed by atoms with E-state index in [1.165, 1.54) is 19.4 Å². The molecule has 0 bridgehead atoms. The summed E-state index contributed by atoms with van der Waals surface area (Å²) in [5.74, 6) is 0.224. The lowest BCUT2D eigenvalue weighted by Crippen LogP contribution is -2.33. The highest BCUT2D eigenvalue weighted by molar-refractivity contribution is 5.73. The predicted octanol–water partition coefficient (Wildman–Crippen LogP) is 1.34. The van der Waals surface area contributed by atoms with Gasteiger partial charge in [0.1, 0.15) is 0 Å². The van der Waals surface area contributed by atoms with Gasteiger partial charge in [-0.3, -0.25) is 4.79 Å². The molecule has 1 amide bonds. The fraction of sp³-hybridized carbons (Fsp3) is 0.909. The van der Waals surface area contributed by atoms with Crippen LogP contribution in [0.1, 0.15) is 33.1 Å². The van der Waals surface area contributed by atoms with Crippen LogP contribution in [0.2, 0.25) is 0 Å². The van der Waals surface area contributed by atoms with E-state index >= 15 is 0 Å². The van der Waals surface area contributed by atoms with Crippen molar-refractivity contribution in [1.82, 2.24) is 9.80 Å². The summed E-state index contributed by atoms with van der Waals surface area (Å²) in [6.07, 6.45) is 3.66. The highest BCUT2D eigenvalue weighted by Gasteiger charge is 2.15. The molecule has 0 atom stereocenters. The maximum absolute atomic E-state index is 11.2. The molecule has 0 unspecified atom stereocenters. The number of hydrogen-bond donors (Lipinski definition) is 0. The second-order valence-electron chi connectivity index (χ2n) is 4.05. The molecule has 1 heterocycles. The maximum Gasteiger partial charge on any atom is 0.219 e. The number of amides is 1. The van der Waals surface area contributed by atoms with Crippen LogP contribution in [0.5, 0.6) is 0 Å². The van der Waals surface area contributed by atoms with Gasteiger partial charge in [0.25, 0.3) is 0 Å². The minimum atomic E-state index is 0.224. The topological polar surface area (TPSA) is 23.6 Å². The lowest BCUT2D eigenvalue weighted by molar-refractivity contribution is -0.128. The monoisotopic (exact) mass is 198 g/mol. The van der Waals surface area contributed by atoms with Gasteiger partial charge in [-0.15, -0.1) is 0 Å². The van der Waals surface area contributed by atoms with Gasteiger partial charge in [0.15, 0.2) is 0 Å². The van der Waals surface area contributed by atoms with E-state index in [-0.39, 0.29) is 5.91 Å². The molecule has 1 aliphatic heterocycles. The normalized spacial score (nSPS) is 19.4. The van der Waals surface area contributed by atoms with Crippen LogP contribution < -0.4 is 0 Å². The Bertz CT molecular complexity index is 182. The first-order valence-electron chi connectivity index (χ1n) is 5.72. The summed E-state index contributed by atoms with van der Waals surface area (Å²) in [4.78, 5) is 15.6. The molecule has 0 aromatic heterocycles. The van der Waals surface area contributed by atoms with Crippen molar-refractivity contribution in [1.29, 1.82) is 0 Å². The molecular formula is C11H22N2O. The van der Waals surface area contributed by atoms with Gasteiger partial charge in [-0.1, -0.05) is 13.3 Å². The van der Waals surface area contributed by atoms with E-state index in [1.54, 1.807) is 6.92 Å². The minimum Gasteiger partial charge on any atom is -0.342 e. The Morgan fingerprint density at radius 1 is 1.21 bits per heavy atom. The molecule has 3 nitrogen and oxygen atoms in total. The molecule has 0 saturated carbocycles. The van der Waals surface area contributed by atoms with Crippen LogP contribution >= 0.6 is 0 Å². The van der Waals surface area contributed by atoms with Gasteiger partial charge in [-0.2, -0.15) is 0 Å². The summed E-state index contributed by atoms with van der Waals surface area (Å²) < 4.78 is 0. The van der Waals surface area contributed by atoms with E-state index in [0.717, 1.165) is 32.6 Å². The van der Waals surface area contributed by atoms with Crippen molar-refractivity contribution in [2.75, 3.05) is 32.7 Å². The van der Waals surface area contributed by atoms with E-state index < -0.39 is 0 Å². The first kappa shape index (κ1) is 11.5. The molecule has 0 aromatic carbocycles. The third kappa shape index (κ3) is 3.66. The molecule has 0 aromatic rings. The predicted molar refractivity (Wildman–Crippen MR) is 58.2 cm³/mol. The first-order valence-corrected chi connectivity index (χ1v) is 5.72. The quantitative estimate of drug-likeness (QED) is 0.683.